The Morgan fingerprint density at radius 2 is 1.88 bits per heavy atom. The van der Waals surface area contributed by atoms with Crippen molar-refractivity contribution in [3.8, 4) is 17.3 Å². The summed E-state index contributed by atoms with van der Waals surface area (Å²) < 4.78 is 23.8. The average Bonchev–Trinajstić information content (AvgIpc) is 3.58. The highest BCUT2D eigenvalue weighted by atomic mass is 19.1. The number of carboxylic acids is 1. The number of nitrogens with two attached hydrogens (primary N) is 1. The number of halogens is 1. The number of hydrogen-bond donors (Lipinski definition) is 2. The van der Waals surface area contributed by atoms with Crippen molar-refractivity contribution in [2.75, 3.05) is 43.4 Å². The molecule has 1 saturated heterocycles. The first-order chi connectivity index (χ1) is 19.7. The standard InChI is InChI=1S/C27H29FN10O3/c1-27(2,25(39)40)41-17-6-7-20(18(28)15-17)36-12-9-35(10-13-36)11-14-37-16-31-21-23(37)33-26(29)38-24(21)32-22(34-38)19-5-3-4-8-30-19/h3-8,15-16H,9-14H2,1-2H3,(H2,29,33)(H,39,40). The predicted octanol–water partition coefficient (Wildman–Crippen LogP) is 2.32. The number of benzene rings is 1. The number of nitrogen functional groups attached to an aromatic ring is 1. The lowest BCUT2D eigenvalue weighted by molar-refractivity contribution is -0.152. The minimum atomic E-state index is -1.45. The van der Waals surface area contributed by atoms with Gasteiger partial charge in [-0.25, -0.2) is 19.2 Å². The van der Waals surface area contributed by atoms with E-state index >= 15 is 0 Å². The van der Waals surface area contributed by atoms with Crippen molar-refractivity contribution in [2.45, 2.75) is 26.0 Å². The molecular formula is C27H29FN10O3. The molecule has 3 N–H and O–H groups in total. The number of fused-ring (bicyclic) bond motifs is 3. The first-order valence-corrected chi connectivity index (χ1v) is 13.2. The van der Waals surface area contributed by atoms with Crippen molar-refractivity contribution in [1.82, 2.24) is 39.0 Å². The normalized spacial score (nSPS) is 14.7. The van der Waals surface area contributed by atoms with Gasteiger partial charge in [0.15, 0.2) is 22.4 Å². The summed E-state index contributed by atoms with van der Waals surface area (Å²) in [5.74, 6) is -0.737. The fraction of sp³-hybridized carbons (Fsp3) is 0.333. The van der Waals surface area contributed by atoms with E-state index in [0.29, 0.717) is 53.7 Å². The SMILES string of the molecule is CC(C)(Oc1ccc(N2CCN(CCn3cnc4c3nc(N)n3nc(-c5ccccn5)nc43)CC2)c(F)c1)C(=O)O. The minimum absolute atomic E-state index is 0.176. The number of rotatable bonds is 8. The van der Waals surface area contributed by atoms with Crippen LogP contribution in [0.4, 0.5) is 16.0 Å². The van der Waals surface area contributed by atoms with Gasteiger partial charge < -0.3 is 25.0 Å². The van der Waals surface area contributed by atoms with E-state index in [2.05, 4.69) is 29.9 Å². The molecule has 41 heavy (non-hydrogen) atoms. The molecule has 0 aliphatic carbocycles. The maximum atomic E-state index is 14.9. The monoisotopic (exact) mass is 560 g/mol. The number of pyridine rings is 1. The molecule has 14 heteroatoms. The van der Waals surface area contributed by atoms with Gasteiger partial charge in [-0.15, -0.1) is 5.10 Å². The molecule has 0 unspecified atom stereocenters. The number of hydrogen-bond acceptors (Lipinski definition) is 10. The van der Waals surface area contributed by atoms with Gasteiger partial charge in [-0.05, 0) is 38.1 Å². The first kappa shape index (κ1) is 26.4. The Hall–Kier alpha value is -4.85. The Kier molecular flexibility index (Phi) is 6.61. The van der Waals surface area contributed by atoms with Crippen LogP contribution in [0.15, 0.2) is 48.9 Å². The lowest BCUT2D eigenvalue weighted by Crippen LogP contribution is -2.47. The fourth-order valence-corrected chi connectivity index (χ4v) is 4.81. The largest absolute Gasteiger partial charge is 0.478 e. The zero-order valence-electron chi connectivity index (χ0n) is 22.6. The van der Waals surface area contributed by atoms with E-state index in [1.165, 1.54) is 24.4 Å². The molecule has 5 heterocycles. The van der Waals surface area contributed by atoms with Gasteiger partial charge in [0.1, 0.15) is 17.3 Å². The van der Waals surface area contributed by atoms with E-state index in [-0.39, 0.29) is 11.7 Å². The van der Waals surface area contributed by atoms with E-state index < -0.39 is 17.4 Å². The minimum Gasteiger partial charge on any atom is -0.478 e. The summed E-state index contributed by atoms with van der Waals surface area (Å²) in [4.78, 5) is 33.6. The molecule has 0 amide bonds. The summed E-state index contributed by atoms with van der Waals surface area (Å²) in [7, 11) is 0. The molecule has 13 nitrogen and oxygen atoms in total. The third-order valence-electron chi connectivity index (χ3n) is 7.14. The van der Waals surface area contributed by atoms with Gasteiger partial charge >= 0.3 is 5.97 Å². The highest BCUT2D eigenvalue weighted by Gasteiger charge is 2.30. The second-order valence-corrected chi connectivity index (χ2v) is 10.3. The quantitative estimate of drug-likeness (QED) is 0.287. The molecule has 6 rings (SSSR count). The van der Waals surface area contributed by atoms with Crippen LogP contribution in [0.1, 0.15) is 13.8 Å². The number of piperazine rings is 1. The van der Waals surface area contributed by atoms with Gasteiger partial charge in [-0.2, -0.15) is 9.50 Å². The van der Waals surface area contributed by atoms with Gasteiger partial charge in [0.05, 0.1) is 12.0 Å². The molecule has 5 aromatic rings. The van der Waals surface area contributed by atoms with Gasteiger partial charge in [-0.3, -0.25) is 9.88 Å². The molecule has 0 spiro atoms. The topological polar surface area (TPSA) is 153 Å². The van der Waals surface area contributed by atoms with Crippen molar-refractivity contribution >= 4 is 34.4 Å². The number of imidazole rings is 1. The van der Waals surface area contributed by atoms with E-state index in [0.717, 1.165) is 19.6 Å². The summed E-state index contributed by atoms with van der Waals surface area (Å²) >= 11 is 0. The van der Waals surface area contributed by atoms with Gasteiger partial charge in [0, 0.05) is 51.5 Å². The Morgan fingerprint density at radius 1 is 1.07 bits per heavy atom. The smallest absolute Gasteiger partial charge is 0.347 e. The van der Waals surface area contributed by atoms with Crippen LogP contribution in [-0.2, 0) is 11.3 Å². The van der Waals surface area contributed by atoms with Crippen molar-refractivity contribution in [3.63, 3.8) is 0 Å². The second kappa shape index (κ2) is 10.3. The number of aliphatic carboxylic acids is 1. The van der Waals surface area contributed by atoms with Gasteiger partial charge in [0.25, 0.3) is 0 Å². The van der Waals surface area contributed by atoms with Gasteiger partial charge in [0.2, 0.25) is 11.8 Å². The molecule has 1 aliphatic heterocycles. The molecule has 212 valence electrons. The van der Waals surface area contributed by atoms with Crippen LogP contribution in [0.25, 0.3) is 28.3 Å². The zero-order chi connectivity index (χ0) is 28.7. The first-order valence-electron chi connectivity index (χ1n) is 13.2. The van der Waals surface area contributed by atoms with Crippen LogP contribution < -0.4 is 15.4 Å². The highest BCUT2D eigenvalue weighted by molar-refractivity contribution is 5.87. The van der Waals surface area contributed by atoms with Crippen molar-refractivity contribution in [2.24, 2.45) is 0 Å². The van der Waals surface area contributed by atoms with E-state index in [9.17, 15) is 14.3 Å². The van der Waals surface area contributed by atoms with Gasteiger partial charge in [-0.1, -0.05) is 6.07 Å². The molecule has 1 aliphatic rings. The maximum absolute atomic E-state index is 14.9. The predicted molar refractivity (Wildman–Crippen MR) is 149 cm³/mol. The molecule has 4 aromatic heterocycles. The molecule has 1 fully saturated rings. The van der Waals surface area contributed by atoms with Crippen LogP contribution in [0.5, 0.6) is 5.75 Å². The van der Waals surface area contributed by atoms with Crippen LogP contribution in [0, 0.1) is 5.82 Å². The lowest BCUT2D eigenvalue weighted by atomic mass is 10.1. The molecule has 0 bridgehead atoms. The maximum Gasteiger partial charge on any atom is 0.347 e. The van der Waals surface area contributed by atoms with Crippen LogP contribution in [0.2, 0.25) is 0 Å². The van der Waals surface area contributed by atoms with E-state index in [1.807, 2.05) is 27.7 Å². The van der Waals surface area contributed by atoms with Crippen molar-refractivity contribution in [3.05, 3.63) is 54.7 Å². The number of ether oxygens (including phenoxy) is 1. The third kappa shape index (κ3) is 5.09. The molecule has 0 saturated carbocycles. The Bertz CT molecular complexity index is 1730. The third-order valence-corrected chi connectivity index (χ3v) is 7.14. The number of carbonyl (C=O) groups is 1. The van der Waals surface area contributed by atoms with E-state index in [4.69, 9.17) is 10.5 Å². The van der Waals surface area contributed by atoms with Crippen molar-refractivity contribution in [1.29, 1.82) is 0 Å². The van der Waals surface area contributed by atoms with Crippen LogP contribution in [-0.4, -0.2) is 88.4 Å². The molecule has 0 atom stereocenters. The fourth-order valence-electron chi connectivity index (χ4n) is 4.81. The highest BCUT2D eigenvalue weighted by Crippen LogP contribution is 2.28. The Labute approximate surface area is 234 Å². The second-order valence-electron chi connectivity index (χ2n) is 10.3. The summed E-state index contributed by atoms with van der Waals surface area (Å²) in [5.41, 5.74) is 7.62. The summed E-state index contributed by atoms with van der Waals surface area (Å²) in [6, 6.07) is 10.00. The van der Waals surface area contributed by atoms with Crippen LogP contribution >= 0.6 is 0 Å². The lowest BCUT2D eigenvalue weighted by Gasteiger charge is -2.36. The molecule has 1 aromatic carbocycles. The number of aromatic nitrogens is 7. The summed E-state index contributed by atoms with van der Waals surface area (Å²) in [6.45, 7) is 7.01. The van der Waals surface area contributed by atoms with Crippen LogP contribution in [0.3, 0.4) is 0 Å². The number of anilines is 2. The Morgan fingerprint density at radius 3 is 2.59 bits per heavy atom. The molecule has 0 radical (unpaired) electrons. The zero-order valence-corrected chi connectivity index (χ0v) is 22.6. The van der Waals surface area contributed by atoms with Crippen molar-refractivity contribution < 1.29 is 19.0 Å². The molecular weight excluding hydrogens is 531 g/mol. The average molecular weight is 561 g/mol. The van der Waals surface area contributed by atoms with E-state index in [1.54, 1.807) is 24.7 Å². The summed E-state index contributed by atoms with van der Waals surface area (Å²) in [6.07, 6.45) is 3.41. The Balaban J connectivity index is 1.10. The number of carboxylic acid groups (broad SMARTS) is 1. The number of nitrogens with zero attached hydrogens (tertiary/aromatic N) is 9. The summed E-state index contributed by atoms with van der Waals surface area (Å²) in [5, 5.41) is 13.7.